The van der Waals surface area contributed by atoms with E-state index < -0.39 is 11.2 Å². The minimum atomic E-state index is -0.512. The quantitative estimate of drug-likeness (QED) is 0.115. The topological polar surface area (TPSA) is 23.4 Å². The summed E-state index contributed by atoms with van der Waals surface area (Å²) in [5.41, 5.74) is 7.25. The fourth-order valence-corrected chi connectivity index (χ4v) is 7.51. The van der Waals surface area contributed by atoms with Crippen LogP contribution in [0.1, 0.15) is 77.3 Å². The molecule has 1 aromatic heterocycles. The summed E-state index contributed by atoms with van der Waals surface area (Å²) in [4.78, 5) is 0. The Bertz CT molecular complexity index is 2150. The molecule has 0 saturated heterocycles. The maximum absolute atomic E-state index is 6.88. The number of aromatic nitrogens is 1. The molecule has 0 spiro atoms. The van der Waals surface area contributed by atoms with E-state index in [4.69, 9.17) is 9.47 Å². The van der Waals surface area contributed by atoms with Gasteiger partial charge in [0.05, 0.1) is 16.7 Å². The highest BCUT2D eigenvalue weighted by atomic mass is 16.5. The summed E-state index contributed by atoms with van der Waals surface area (Å²) in [5, 5.41) is 2.49. The normalized spacial score (nSPS) is 13.9. The van der Waals surface area contributed by atoms with Gasteiger partial charge < -0.3 is 14.0 Å². The Balaban J connectivity index is 1.36. The molecule has 2 atom stereocenters. The molecule has 2 unspecified atom stereocenters. The monoisotopic (exact) mass is 671 g/mol. The van der Waals surface area contributed by atoms with E-state index in [2.05, 4.69) is 166 Å². The van der Waals surface area contributed by atoms with E-state index in [1.165, 1.54) is 27.4 Å². The van der Waals surface area contributed by atoms with Gasteiger partial charge in [0.25, 0.3) is 0 Å². The number of rotatable bonds is 14. The molecule has 0 saturated carbocycles. The predicted molar refractivity (Wildman–Crippen MR) is 214 cm³/mol. The highest BCUT2D eigenvalue weighted by Gasteiger charge is 2.31. The number of hydrogen-bond acceptors (Lipinski definition) is 2. The zero-order chi connectivity index (χ0) is 35.3. The maximum atomic E-state index is 6.88. The third kappa shape index (κ3) is 7.03. The molecule has 258 valence electrons. The lowest BCUT2D eigenvalue weighted by Crippen LogP contribution is -2.29. The van der Waals surface area contributed by atoms with Crippen molar-refractivity contribution in [2.75, 3.05) is 0 Å². The van der Waals surface area contributed by atoms with Crippen molar-refractivity contribution in [1.82, 2.24) is 4.57 Å². The summed E-state index contributed by atoms with van der Waals surface area (Å²) in [6.07, 6.45) is 6.26. The molecule has 7 aromatic rings. The standard InChI is InChI=1S/C48H49NO2/c1-5-7-33-47(3,37-19-11-9-12-20-37)51-40-30-27-36(28-31-40)41-32-29-38(48(4,34-8-6-2)50-39-21-13-10-14-22-39)35-46(41)49-44-25-17-15-23-42(44)43-24-16-18-26-45(43)49/h9-32,35H,5-8,33-34H2,1-4H3. The lowest BCUT2D eigenvalue weighted by Gasteiger charge is -2.32. The minimum absolute atomic E-state index is 0.406. The Morgan fingerprint density at radius 3 is 1.55 bits per heavy atom. The highest BCUT2D eigenvalue weighted by molar-refractivity contribution is 6.09. The van der Waals surface area contributed by atoms with Gasteiger partial charge in [-0.3, -0.25) is 0 Å². The van der Waals surface area contributed by atoms with Crippen molar-refractivity contribution in [1.29, 1.82) is 0 Å². The van der Waals surface area contributed by atoms with Gasteiger partial charge in [0, 0.05) is 16.3 Å². The fraction of sp³-hybridized carbons (Fsp3) is 0.250. The van der Waals surface area contributed by atoms with Gasteiger partial charge >= 0.3 is 0 Å². The van der Waals surface area contributed by atoms with Crippen molar-refractivity contribution in [2.45, 2.75) is 77.4 Å². The van der Waals surface area contributed by atoms with E-state index >= 15 is 0 Å². The number of ether oxygens (including phenoxy) is 2. The molecule has 0 aliphatic rings. The van der Waals surface area contributed by atoms with Crippen molar-refractivity contribution in [2.24, 2.45) is 0 Å². The summed E-state index contributed by atoms with van der Waals surface area (Å²) in [5.74, 6) is 1.76. The Kier molecular flexibility index (Phi) is 9.99. The zero-order valence-electron chi connectivity index (χ0n) is 30.4. The Hall–Kier alpha value is -5.28. The van der Waals surface area contributed by atoms with Crippen LogP contribution in [-0.4, -0.2) is 4.57 Å². The summed E-state index contributed by atoms with van der Waals surface area (Å²) in [6, 6.07) is 54.0. The molecule has 0 amide bonds. The Morgan fingerprint density at radius 2 is 0.980 bits per heavy atom. The zero-order valence-corrected chi connectivity index (χ0v) is 30.4. The Morgan fingerprint density at radius 1 is 0.490 bits per heavy atom. The van der Waals surface area contributed by atoms with Crippen LogP contribution in [0.2, 0.25) is 0 Å². The van der Waals surface area contributed by atoms with Crippen molar-refractivity contribution >= 4 is 21.8 Å². The van der Waals surface area contributed by atoms with Crippen molar-refractivity contribution < 1.29 is 9.47 Å². The van der Waals surface area contributed by atoms with Crippen molar-refractivity contribution in [3.8, 4) is 28.3 Å². The van der Waals surface area contributed by atoms with E-state index in [1.54, 1.807) is 0 Å². The van der Waals surface area contributed by atoms with Crippen LogP contribution in [-0.2, 0) is 11.2 Å². The summed E-state index contributed by atoms with van der Waals surface area (Å²) < 4.78 is 16.2. The van der Waals surface area contributed by atoms with Crippen LogP contribution >= 0.6 is 0 Å². The second-order valence-electron chi connectivity index (χ2n) is 14.2. The van der Waals surface area contributed by atoms with E-state index in [-0.39, 0.29) is 0 Å². The van der Waals surface area contributed by atoms with Crippen LogP contribution < -0.4 is 9.47 Å². The van der Waals surface area contributed by atoms with Crippen molar-refractivity contribution in [3.05, 3.63) is 163 Å². The number of nitrogens with zero attached hydrogens (tertiary/aromatic N) is 1. The van der Waals surface area contributed by atoms with Gasteiger partial charge in [-0.15, -0.1) is 0 Å². The first-order valence-corrected chi connectivity index (χ1v) is 18.6. The van der Waals surface area contributed by atoms with Gasteiger partial charge in [0.2, 0.25) is 0 Å². The first-order chi connectivity index (χ1) is 24.9. The molecule has 0 aliphatic heterocycles. The molecule has 3 nitrogen and oxygen atoms in total. The highest BCUT2D eigenvalue weighted by Crippen LogP contribution is 2.41. The molecule has 0 radical (unpaired) electrons. The van der Waals surface area contributed by atoms with E-state index in [0.29, 0.717) is 0 Å². The van der Waals surface area contributed by atoms with Crippen LogP contribution in [0.25, 0.3) is 38.6 Å². The van der Waals surface area contributed by atoms with E-state index in [9.17, 15) is 0 Å². The van der Waals surface area contributed by atoms with Gasteiger partial charge in [-0.1, -0.05) is 136 Å². The van der Waals surface area contributed by atoms with Gasteiger partial charge in [-0.2, -0.15) is 0 Å². The molecule has 0 N–H and O–H groups in total. The Labute approximate surface area is 303 Å². The molecule has 0 aliphatic carbocycles. The number of benzene rings is 6. The average molecular weight is 672 g/mol. The molecule has 7 rings (SSSR count). The van der Waals surface area contributed by atoms with Crippen LogP contribution in [0.3, 0.4) is 0 Å². The van der Waals surface area contributed by atoms with Crippen LogP contribution in [0.15, 0.2) is 152 Å². The first kappa shape index (κ1) is 34.2. The van der Waals surface area contributed by atoms with Gasteiger partial charge in [-0.05, 0) is 98.7 Å². The summed E-state index contributed by atoms with van der Waals surface area (Å²) in [6.45, 7) is 8.95. The second-order valence-corrected chi connectivity index (χ2v) is 14.2. The first-order valence-electron chi connectivity index (χ1n) is 18.6. The molecule has 51 heavy (non-hydrogen) atoms. The van der Waals surface area contributed by atoms with Crippen LogP contribution in [0, 0.1) is 0 Å². The molecule has 3 heteroatoms. The SMILES string of the molecule is CCCCC(C)(Oc1ccc(-c2ccc(C(C)(CCCC)Oc3ccccc3)cc2-n2c3ccccc3c3ccccc32)cc1)c1ccccc1. The van der Waals surface area contributed by atoms with Crippen LogP contribution in [0.5, 0.6) is 11.5 Å². The summed E-state index contributed by atoms with van der Waals surface area (Å²) in [7, 11) is 0. The average Bonchev–Trinajstić information content (AvgIpc) is 3.51. The van der Waals surface area contributed by atoms with Gasteiger partial charge in [0.1, 0.15) is 22.7 Å². The number of para-hydroxylation sites is 3. The smallest absolute Gasteiger partial charge is 0.131 e. The van der Waals surface area contributed by atoms with Crippen molar-refractivity contribution in [3.63, 3.8) is 0 Å². The molecular weight excluding hydrogens is 623 g/mol. The third-order valence-corrected chi connectivity index (χ3v) is 10.4. The largest absolute Gasteiger partial charge is 0.483 e. The van der Waals surface area contributed by atoms with E-state index in [0.717, 1.165) is 72.4 Å². The van der Waals surface area contributed by atoms with Crippen LogP contribution in [0.4, 0.5) is 0 Å². The van der Waals surface area contributed by atoms with E-state index in [1.807, 2.05) is 18.2 Å². The third-order valence-electron chi connectivity index (χ3n) is 10.4. The molecule has 0 fully saturated rings. The number of unbranched alkanes of at least 4 members (excludes halogenated alkanes) is 2. The second kappa shape index (κ2) is 14.9. The predicted octanol–water partition coefficient (Wildman–Crippen LogP) is 13.4. The summed E-state index contributed by atoms with van der Waals surface area (Å²) >= 11 is 0. The van der Waals surface area contributed by atoms with Gasteiger partial charge in [-0.25, -0.2) is 0 Å². The molecular formula is C48H49NO2. The molecule has 6 aromatic carbocycles. The molecule has 0 bridgehead atoms. The lowest BCUT2D eigenvalue weighted by atomic mass is 9.88. The number of hydrogen-bond donors (Lipinski definition) is 0. The maximum Gasteiger partial charge on any atom is 0.131 e. The number of fused-ring (bicyclic) bond motifs is 3. The van der Waals surface area contributed by atoms with Gasteiger partial charge in [0.15, 0.2) is 0 Å². The fourth-order valence-electron chi connectivity index (χ4n) is 7.51. The lowest BCUT2D eigenvalue weighted by molar-refractivity contribution is 0.0741. The minimum Gasteiger partial charge on any atom is -0.483 e. The molecule has 1 heterocycles.